The third-order valence-corrected chi connectivity index (χ3v) is 4.02. The molecule has 1 aliphatic rings. The smallest absolute Gasteiger partial charge is 0.193 e. The molecule has 0 amide bonds. The second-order valence-electron chi connectivity index (χ2n) is 5.75. The number of nitrogens with zero attached hydrogens (tertiary/aromatic N) is 2. The standard InChI is InChI=1S/C18H22N4.HI/c1-13-6-4-9-15(21-13)12-20-18(19)22-17-11-5-8-14-7-2-3-10-16(14)17;/h4-6,8-9,11H,2-3,7,10,12H2,1H3,(H3,19,20,22);1H. The quantitative estimate of drug-likeness (QED) is 0.449. The third kappa shape index (κ3) is 4.67. The van der Waals surface area contributed by atoms with Crippen LogP contribution >= 0.6 is 24.0 Å². The summed E-state index contributed by atoms with van der Waals surface area (Å²) < 4.78 is 0. The molecule has 1 aliphatic carbocycles. The number of pyridine rings is 1. The van der Waals surface area contributed by atoms with Crippen LogP contribution in [0.5, 0.6) is 0 Å². The Balaban J connectivity index is 0.00000192. The van der Waals surface area contributed by atoms with Crippen molar-refractivity contribution in [2.75, 3.05) is 5.32 Å². The second kappa shape index (κ2) is 8.29. The summed E-state index contributed by atoms with van der Waals surface area (Å²) in [5.41, 5.74) is 11.9. The Kier molecular flexibility index (Phi) is 6.38. The van der Waals surface area contributed by atoms with Crippen LogP contribution in [0.15, 0.2) is 41.4 Å². The molecular weight excluding hydrogens is 399 g/mol. The highest BCUT2D eigenvalue weighted by Gasteiger charge is 2.13. The molecule has 0 fully saturated rings. The number of nitrogens with one attached hydrogen (secondary N) is 1. The molecule has 0 unspecified atom stereocenters. The van der Waals surface area contributed by atoms with E-state index >= 15 is 0 Å². The van der Waals surface area contributed by atoms with E-state index in [-0.39, 0.29) is 24.0 Å². The highest BCUT2D eigenvalue weighted by Crippen LogP contribution is 2.27. The fraction of sp³-hybridized carbons (Fsp3) is 0.333. The molecule has 0 radical (unpaired) electrons. The van der Waals surface area contributed by atoms with Gasteiger partial charge in [0.1, 0.15) is 0 Å². The zero-order chi connectivity index (χ0) is 15.4. The number of fused-ring (bicyclic) bond motifs is 1. The summed E-state index contributed by atoms with van der Waals surface area (Å²) in [7, 11) is 0. The van der Waals surface area contributed by atoms with Gasteiger partial charge in [-0.25, -0.2) is 4.99 Å². The number of aryl methyl sites for hydroxylation is 2. The van der Waals surface area contributed by atoms with E-state index in [0.29, 0.717) is 12.5 Å². The normalized spacial score (nSPS) is 13.9. The number of rotatable bonds is 3. The Bertz CT molecular complexity index is 697. The van der Waals surface area contributed by atoms with Crippen molar-refractivity contribution in [1.29, 1.82) is 0 Å². The lowest BCUT2D eigenvalue weighted by atomic mass is 9.90. The number of nitrogens with two attached hydrogens (primary N) is 1. The highest BCUT2D eigenvalue weighted by atomic mass is 127. The molecule has 122 valence electrons. The molecule has 4 nitrogen and oxygen atoms in total. The van der Waals surface area contributed by atoms with Crippen molar-refractivity contribution in [3.05, 3.63) is 58.9 Å². The van der Waals surface area contributed by atoms with Crippen LogP contribution in [0.3, 0.4) is 0 Å². The SMILES string of the molecule is Cc1cccc(CN=C(N)Nc2cccc3c2CCCC3)n1.I. The first-order valence-corrected chi connectivity index (χ1v) is 7.82. The summed E-state index contributed by atoms with van der Waals surface area (Å²) in [6.45, 7) is 2.47. The van der Waals surface area contributed by atoms with Gasteiger partial charge in [-0.05, 0) is 61.9 Å². The molecule has 0 saturated carbocycles. The van der Waals surface area contributed by atoms with Gasteiger partial charge in [0.15, 0.2) is 5.96 Å². The molecule has 0 saturated heterocycles. The predicted molar refractivity (Wildman–Crippen MR) is 106 cm³/mol. The van der Waals surface area contributed by atoms with Crippen molar-refractivity contribution in [3.8, 4) is 0 Å². The first-order valence-electron chi connectivity index (χ1n) is 7.82. The van der Waals surface area contributed by atoms with Crippen molar-refractivity contribution in [2.45, 2.75) is 39.2 Å². The van der Waals surface area contributed by atoms with Crippen LogP contribution in [-0.4, -0.2) is 10.9 Å². The minimum absolute atomic E-state index is 0. The predicted octanol–water partition coefficient (Wildman–Crippen LogP) is 3.81. The third-order valence-electron chi connectivity index (χ3n) is 4.02. The van der Waals surface area contributed by atoms with Gasteiger partial charge in [0.25, 0.3) is 0 Å². The average Bonchev–Trinajstić information content (AvgIpc) is 2.53. The number of hydrogen-bond donors (Lipinski definition) is 2. The number of aromatic nitrogens is 1. The van der Waals surface area contributed by atoms with Gasteiger partial charge in [-0.1, -0.05) is 18.2 Å². The minimum Gasteiger partial charge on any atom is -0.370 e. The van der Waals surface area contributed by atoms with Gasteiger partial charge >= 0.3 is 0 Å². The molecule has 0 spiro atoms. The Morgan fingerprint density at radius 1 is 1.17 bits per heavy atom. The topological polar surface area (TPSA) is 63.3 Å². The molecule has 0 atom stereocenters. The van der Waals surface area contributed by atoms with E-state index in [9.17, 15) is 0 Å². The van der Waals surface area contributed by atoms with Crippen molar-refractivity contribution in [3.63, 3.8) is 0 Å². The first kappa shape index (κ1) is 17.7. The van der Waals surface area contributed by atoms with Crippen LogP contribution in [0.1, 0.15) is 35.4 Å². The molecule has 2 aromatic rings. The summed E-state index contributed by atoms with van der Waals surface area (Å²) in [6, 6.07) is 12.3. The maximum absolute atomic E-state index is 6.04. The highest BCUT2D eigenvalue weighted by molar-refractivity contribution is 14.0. The number of hydrogen-bond acceptors (Lipinski definition) is 2. The number of anilines is 1. The van der Waals surface area contributed by atoms with Crippen LogP contribution in [0, 0.1) is 6.92 Å². The zero-order valence-corrected chi connectivity index (χ0v) is 15.7. The Hall–Kier alpha value is -1.63. The van der Waals surface area contributed by atoms with Crippen LogP contribution in [0.25, 0.3) is 0 Å². The van der Waals surface area contributed by atoms with Gasteiger partial charge in [0, 0.05) is 11.4 Å². The van der Waals surface area contributed by atoms with E-state index in [1.807, 2.05) is 25.1 Å². The fourth-order valence-corrected chi connectivity index (χ4v) is 2.93. The summed E-state index contributed by atoms with van der Waals surface area (Å²) in [6.07, 6.45) is 4.80. The van der Waals surface area contributed by atoms with E-state index in [1.165, 1.54) is 24.0 Å². The summed E-state index contributed by atoms with van der Waals surface area (Å²) in [5, 5.41) is 3.25. The van der Waals surface area contributed by atoms with E-state index in [4.69, 9.17) is 5.73 Å². The maximum atomic E-state index is 6.04. The molecule has 23 heavy (non-hydrogen) atoms. The van der Waals surface area contributed by atoms with Crippen molar-refractivity contribution in [1.82, 2.24) is 4.98 Å². The summed E-state index contributed by atoms with van der Waals surface area (Å²) >= 11 is 0. The molecule has 1 heterocycles. The van der Waals surface area contributed by atoms with Crippen LogP contribution in [-0.2, 0) is 19.4 Å². The lowest BCUT2D eigenvalue weighted by Crippen LogP contribution is -2.24. The van der Waals surface area contributed by atoms with Gasteiger partial charge in [-0.3, -0.25) is 4.98 Å². The van der Waals surface area contributed by atoms with E-state index in [2.05, 4.69) is 33.5 Å². The molecule has 3 rings (SSSR count). The fourth-order valence-electron chi connectivity index (χ4n) is 2.93. The van der Waals surface area contributed by atoms with E-state index in [0.717, 1.165) is 29.9 Å². The van der Waals surface area contributed by atoms with Crippen LogP contribution < -0.4 is 11.1 Å². The number of halogens is 1. The van der Waals surface area contributed by atoms with E-state index < -0.39 is 0 Å². The zero-order valence-electron chi connectivity index (χ0n) is 13.4. The summed E-state index contributed by atoms with van der Waals surface area (Å²) in [5.74, 6) is 0.447. The maximum Gasteiger partial charge on any atom is 0.193 e. The number of benzene rings is 1. The van der Waals surface area contributed by atoms with Gasteiger partial charge in [0.05, 0.1) is 12.2 Å². The Labute approximate surface area is 154 Å². The average molecular weight is 422 g/mol. The Morgan fingerprint density at radius 2 is 1.96 bits per heavy atom. The minimum atomic E-state index is 0. The monoisotopic (exact) mass is 422 g/mol. The molecule has 5 heteroatoms. The lowest BCUT2D eigenvalue weighted by Gasteiger charge is -2.19. The van der Waals surface area contributed by atoms with Crippen LogP contribution in [0.4, 0.5) is 5.69 Å². The lowest BCUT2D eigenvalue weighted by molar-refractivity contribution is 0.687. The van der Waals surface area contributed by atoms with Gasteiger partial charge < -0.3 is 11.1 Å². The van der Waals surface area contributed by atoms with Crippen molar-refractivity contribution in [2.24, 2.45) is 10.7 Å². The molecule has 1 aromatic carbocycles. The molecule has 0 bridgehead atoms. The van der Waals surface area contributed by atoms with Crippen molar-refractivity contribution >= 4 is 35.6 Å². The second-order valence-corrected chi connectivity index (χ2v) is 5.75. The van der Waals surface area contributed by atoms with Crippen molar-refractivity contribution < 1.29 is 0 Å². The molecular formula is C18H23IN4. The number of aliphatic imine (C=N–C) groups is 1. The first-order chi connectivity index (χ1) is 10.7. The summed E-state index contributed by atoms with van der Waals surface area (Å²) in [4.78, 5) is 8.83. The Morgan fingerprint density at radius 3 is 2.78 bits per heavy atom. The molecule has 1 aromatic heterocycles. The largest absolute Gasteiger partial charge is 0.370 e. The van der Waals surface area contributed by atoms with Gasteiger partial charge in [-0.2, -0.15) is 0 Å². The van der Waals surface area contributed by atoms with Gasteiger partial charge in [0.2, 0.25) is 0 Å². The van der Waals surface area contributed by atoms with Crippen LogP contribution in [0.2, 0.25) is 0 Å². The van der Waals surface area contributed by atoms with E-state index in [1.54, 1.807) is 0 Å². The molecule has 3 N–H and O–H groups in total. The molecule has 0 aliphatic heterocycles. The number of guanidine groups is 1. The van der Waals surface area contributed by atoms with Gasteiger partial charge in [-0.15, -0.1) is 24.0 Å².